The van der Waals surface area contributed by atoms with Crippen LogP contribution < -0.4 is 15.4 Å². The molecule has 0 aromatic heterocycles. The molecular formula is C23H24N2O4. The van der Waals surface area contributed by atoms with Crippen molar-refractivity contribution in [3.05, 3.63) is 71.3 Å². The lowest BCUT2D eigenvalue weighted by atomic mass is 10.1. The van der Waals surface area contributed by atoms with Gasteiger partial charge in [0.05, 0.1) is 18.8 Å². The molecule has 0 unspecified atom stereocenters. The lowest BCUT2D eigenvalue weighted by Gasteiger charge is -2.16. The van der Waals surface area contributed by atoms with Gasteiger partial charge in [-0.15, -0.1) is 12.8 Å². The predicted molar refractivity (Wildman–Crippen MR) is 113 cm³/mol. The maximum absolute atomic E-state index is 11.9. The van der Waals surface area contributed by atoms with Gasteiger partial charge in [0.15, 0.2) is 5.78 Å². The van der Waals surface area contributed by atoms with Crippen molar-refractivity contribution in [1.82, 2.24) is 10.6 Å². The summed E-state index contributed by atoms with van der Waals surface area (Å²) in [5, 5.41) is 5.26. The van der Waals surface area contributed by atoms with Crippen molar-refractivity contribution in [1.29, 1.82) is 0 Å². The Kier molecular flexibility index (Phi) is 8.49. The second-order valence-corrected chi connectivity index (χ2v) is 6.04. The number of benzene rings is 2. The van der Waals surface area contributed by atoms with Crippen molar-refractivity contribution in [2.24, 2.45) is 0 Å². The van der Waals surface area contributed by atoms with Crippen LogP contribution in [0.1, 0.15) is 22.3 Å². The molecule has 6 heteroatoms. The average Bonchev–Trinajstić information content (AvgIpc) is 3.06. The first-order valence-corrected chi connectivity index (χ1v) is 9.13. The summed E-state index contributed by atoms with van der Waals surface area (Å²) in [6.07, 6.45) is 8.94. The van der Waals surface area contributed by atoms with Crippen LogP contribution in [0.25, 0.3) is 5.70 Å². The number of rotatable bonds is 5. The number of carbonyl (C=O) groups is 2. The number of methoxy groups -OCH3 is 1. The van der Waals surface area contributed by atoms with Gasteiger partial charge in [-0.1, -0.05) is 42.5 Å². The number of fused-ring (bicyclic) bond motifs is 2. The molecule has 29 heavy (non-hydrogen) atoms. The molecule has 2 aromatic carbocycles. The summed E-state index contributed by atoms with van der Waals surface area (Å²) < 4.78 is 10.3. The average molecular weight is 392 g/mol. The van der Waals surface area contributed by atoms with Gasteiger partial charge >= 0.3 is 6.03 Å². The Morgan fingerprint density at radius 2 is 1.59 bits per heavy atom. The van der Waals surface area contributed by atoms with Gasteiger partial charge in [-0.2, -0.15) is 0 Å². The van der Waals surface area contributed by atoms with Gasteiger partial charge in [0.1, 0.15) is 5.75 Å². The van der Waals surface area contributed by atoms with Crippen LogP contribution in [-0.2, 0) is 4.74 Å². The minimum atomic E-state index is -0.252. The maximum atomic E-state index is 11.9. The van der Waals surface area contributed by atoms with E-state index in [-0.39, 0.29) is 11.8 Å². The molecule has 0 atom stereocenters. The fraction of sp³-hybridized carbons (Fsp3) is 0.217. The van der Waals surface area contributed by atoms with E-state index in [0.29, 0.717) is 23.4 Å². The van der Waals surface area contributed by atoms with Gasteiger partial charge < -0.3 is 20.1 Å². The molecule has 0 radical (unpaired) electrons. The molecule has 2 amide bonds. The number of nitrogens with one attached hydrogen (secondary N) is 2. The van der Waals surface area contributed by atoms with Crippen molar-refractivity contribution in [2.45, 2.75) is 6.42 Å². The lowest BCUT2D eigenvalue weighted by Crippen LogP contribution is -2.40. The number of carbonyl (C=O) groups excluding carboxylic acids is 2. The highest BCUT2D eigenvalue weighted by Gasteiger charge is 2.32. The zero-order valence-corrected chi connectivity index (χ0v) is 16.3. The molecular weight excluding hydrogens is 368 g/mol. The van der Waals surface area contributed by atoms with E-state index in [0.717, 1.165) is 30.9 Å². The van der Waals surface area contributed by atoms with Crippen molar-refractivity contribution in [3.63, 3.8) is 0 Å². The predicted octanol–water partition coefficient (Wildman–Crippen LogP) is 3.26. The molecule has 1 aliphatic heterocycles. The Balaban J connectivity index is 0.000000196. The van der Waals surface area contributed by atoms with Gasteiger partial charge in [0, 0.05) is 36.8 Å². The second-order valence-electron chi connectivity index (χ2n) is 6.04. The third kappa shape index (κ3) is 5.71. The molecule has 0 saturated heterocycles. The van der Waals surface area contributed by atoms with E-state index in [9.17, 15) is 9.59 Å². The minimum Gasteiger partial charge on any atom is -0.494 e. The zero-order valence-electron chi connectivity index (χ0n) is 16.3. The van der Waals surface area contributed by atoms with E-state index in [1.54, 1.807) is 13.2 Å². The van der Waals surface area contributed by atoms with E-state index in [4.69, 9.17) is 9.47 Å². The lowest BCUT2D eigenvalue weighted by molar-refractivity contribution is 0.103. The molecule has 2 N–H and O–H groups in total. The van der Waals surface area contributed by atoms with Gasteiger partial charge in [0.25, 0.3) is 0 Å². The first kappa shape index (κ1) is 21.7. The van der Waals surface area contributed by atoms with Crippen LogP contribution in [0.15, 0.2) is 60.2 Å². The highest BCUT2D eigenvalue weighted by molar-refractivity contribution is 6.22. The van der Waals surface area contributed by atoms with Gasteiger partial charge in [-0.25, -0.2) is 4.79 Å². The second kappa shape index (κ2) is 11.3. The number of terminal acetylenes is 1. The number of ketones is 1. The number of hydrogen-bond acceptors (Lipinski definition) is 4. The number of amides is 2. The largest absolute Gasteiger partial charge is 0.494 e. The Morgan fingerprint density at radius 3 is 2.28 bits per heavy atom. The van der Waals surface area contributed by atoms with Crippen LogP contribution in [0, 0.1) is 12.8 Å². The summed E-state index contributed by atoms with van der Waals surface area (Å²) in [6, 6.07) is 16.9. The topological polar surface area (TPSA) is 76.7 Å². The van der Waals surface area contributed by atoms with E-state index in [1.807, 2.05) is 48.5 Å². The monoisotopic (exact) mass is 392 g/mol. The summed E-state index contributed by atoms with van der Waals surface area (Å²) in [6.45, 7) is 1.79. The Labute approximate surface area is 170 Å². The third-order valence-corrected chi connectivity index (χ3v) is 4.19. The van der Waals surface area contributed by atoms with E-state index >= 15 is 0 Å². The normalized spacial score (nSPS) is 13.5. The molecule has 1 heterocycles. The fourth-order valence-electron chi connectivity index (χ4n) is 2.89. The summed E-state index contributed by atoms with van der Waals surface area (Å²) in [5.74, 6) is 0.932. The number of Topliss-reactive ketones (excluding diaryl/α,β-unsaturated/α-hetero) is 1. The highest BCUT2D eigenvalue weighted by Crippen LogP contribution is 2.31. The molecule has 0 spiro atoms. The fourth-order valence-corrected chi connectivity index (χ4v) is 2.89. The van der Waals surface area contributed by atoms with Crippen LogP contribution >= 0.6 is 0 Å². The summed E-state index contributed by atoms with van der Waals surface area (Å²) >= 11 is 0. The molecule has 6 nitrogen and oxygen atoms in total. The summed E-state index contributed by atoms with van der Waals surface area (Å²) in [7, 11) is 1.70. The molecule has 4 rings (SSSR count). The number of ether oxygens (including phenoxy) is 2. The first-order valence-electron chi connectivity index (χ1n) is 9.13. The molecule has 2 aromatic rings. The third-order valence-electron chi connectivity index (χ3n) is 4.19. The van der Waals surface area contributed by atoms with Crippen LogP contribution in [0.2, 0.25) is 0 Å². The SMILES string of the molecule is C#C.COCCCOc1ccccc1.O=C1NCC2=C(N1)c1ccccc1C2=O. The zero-order chi connectivity index (χ0) is 21.1. The number of hydrogen-bond donors (Lipinski definition) is 2. The summed E-state index contributed by atoms with van der Waals surface area (Å²) in [5.41, 5.74) is 2.81. The van der Waals surface area contributed by atoms with E-state index in [2.05, 4.69) is 23.5 Å². The van der Waals surface area contributed by atoms with Crippen molar-refractivity contribution in [3.8, 4) is 18.6 Å². The van der Waals surface area contributed by atoms with Gasteiger partial charge in [-0.05, 0) is 12.1 Å². The van der Waals surface area contributed by atoms with Crippen LogP contribution in [0.3, 0.4) is 0 Å². The van der Waals surface area contributed by atoms with Crippen LogP contribution in [0.4, 0.5) is 4.79 Å². The quantitative estimate of drug-likeness (QED) is 0.605. The molecule has 2 aliphatic rings. The Morgan fingerprint density at radius 1 is 0.931 bits per heavy atom. The molecule has 0 saturated carbocycles. The molecule has 0 bridgehead atoms. The molecule has 1 aliphatic carbocycles. The highest BCUT2D eigenvalue weighted by atomic mass is 16.5. The van der Waals surface area contributed by atoms with E-state index in [1.165, 1.54) is 0 Å². The molecule has 150 valence electrons. The Bertz CT molecular complexity index is 888. The Hall–Kier alpha value is -3.56. The van der Waals surface area contributed by atoms with E-state index < -0.39 is 0 Å². The minimum absolute atomic E-state index is 0.00750. The maximum Gasteiger partial charge on any atom is 0.319 e. The van der Waals surface area contributed by atoms with Crippen molar-refractivity contribution < 1.29 is 19.1 Å². The van der Waals surface area contributed by atoms with Crippen molar-refractivity contribution >= 4 is 17.5 Å². The van der Waals surface area contributed by atoms with Gasteiger partial charge in [0.2, 0.25) is 0 Å². The standard InChI is InChI=1S/C11H8N2O2.C10H14O2.C2H2/c14-10-7-4-2-1-3-6(7)9-8(10)5-12-11(15)13-9;1-11-8-5-9-12-10-6-3-2-4-7-10;1-2/h1-4H,5H2,(H2,12,13,15);2-4,6-7H,5,8-9H2,1H3;1-2H. The number of urea groups is 1. The van der Waals surface area contributed by atoms with Crippen LogP contribution in [0.5, 0.6) is 5.75 Å². The number of para-hydroxylation sites is 1. The smallest absolute Gasteiger partial charge is 0.319 e. The van der Waals surface area contributed by atoms with Crippen molar-refractivity contribution in [2.75, 3.05) is 26.9 Å². The van der Waals surface area contributed by atoms with Gasteiger partial charge in [-0.3, -0.25) is 4.79 Å². The summed E-state index contributed by atoms with van der Waals surface area (Å²) in [4.78, 5) is 23.0. The molecule has 0 fully saturated rings. The van der Waals surface area contributed by atoms with Crippen LogP contribution in [-0.4, -0.2) is 38.7 Å². The first-order chi connectivity index (χ1) is 14.2.